The van der Waals surface area contributed by atoms with Crippen LogP contribution in [0.5, 0.6) is 0 Å². The fourth-order valence-electron chi connectivity index (χ4n) is 2.88. The largest absolute Gasteiger partial charge is 0.354 e. The second kappa shape index (κ2) is 7.14. The summed E-state index contributed by atoms with van der Waals surface area (Å²) in [6.45, 7) is 0.686. The molecule has 2 aromatic carbocycles. The predicted octanol–water partition coefficient (Wildman–Crippen LogP) is 6.08. The average molecular weight is 368 g/mol. The Morgan fingerprint density at radius 3 is 2.39 bits per heavy atom. The van der Waals surface area contributed by atoms with Gasteiger partial charge in [0.05, 0.1) is 15.7 Å². The highest BCUT2D eigenvalue weighted by molar-refractivity contribution is 6.39. The van der Waals surface area contributed by atoms with Crippen LogP contribution in [0.25, 0.3) is 22.2 Å². The Morgan fingerprint density at radius 2 is 1.70 bits per heavy atom. The van der Waals surface area contributed by atoms with E-state index in [1.807, 2.05) is 36.4 Å². The van der Waals surface area contributed by atoms with Gasteiger partial charge >= 0.3 is 0 Å². The minimum absolute atomic E-state index is 0.634. The average Bonchev–Trinajstić information content (AvgIpc) is 2.85. The Labute approximate surface area is 150 Å². The molecule has 1 heterocycles. The molecule has 120 valence electrons. The second-order valence-corrected chi connectivity index (χ2v) is 6.76. The molecule has 3 N–H and O–H groups in total. The zero-order chi connectivity index (χ0) is 16.4. The van der Waals surface area contributed by atoms with E-state index in [1.165, 1.54) is 5.56 Å². The fraction of sp³-hybridized carbons (Fsp3) is 0.222. The monoisotopic (exact) mass is 366 g/mol. The van der Waals surface area contributed by atoms with Crippen LogP contribution in [0.15, 0.2) is 36.4 Å². The maximum Gasteiger partial charge on any atom is 0.0527 e. The topological polar surface area (TPSA) is 41.8 Å². The predicted molar refractivity (Wildman–Crippen MR) is 101 cm³/mol. The van der Waals surface area contributed by atoms with Crippen molar-refractivity contribution in [1.82, 2.24) is 4.98 Å². The van der Waals surface area contributed by atoms with Gasteiger partial charge in [-0.15, -0.1) is 0 Å². The molecule has 0 aliphatic carbocycles. The summed E-state index contributed by atoms with van der Waals surface area (Å²) < 4.78 is 0. The van der Waals surface area contributed by atoms with Gasteiger partial charge in [-0.05, 0) is 61.7 Å². The number of nitrogens with one attached hydrogen (secondary N) is 1. The molecule has 23 heavy (non-hydrogen) atoms. The third-order valence-corrected chi connectivity index (χ3v) is 4.83. The Bertz CT molecular complexity index is 819. The first-order chi connectivity index (χ1) is 11.1. The second-order valence-electron chi connectivity index (χ2n) is 5.51. The number of unbranched alkanes of at least 4 members (excludes halogenated alkanes) is 1. The van der Waals surface area contributed by atoms with Crippen LogP contribution >= 0.6 is 34.8 Å². The van der Waals surface area contributed by atoms with Crippen LogP contribution in [-0.4, -0.2) is 11.5 Å². The number of aromatic nitrogens is 1. The highest BCUT2D eigenvalue weighted by Crippen LogP contribution is 2.39. The molecule has 0 spiro atoms. The van der Waals surface area contributed by atoms with Crippen molar-refractivity contribution in [1.29, 1.82) is 0 Å². The van der Waals surface area contributed by atoms with Gasteiger partial charge in [-0.2, -0.15) is 0 Å². The quantitative estimate of drug-likeness (QED) is 0.527. The van der Waals surface area contributed by atoms with Gasteiger partial charge in [0.2, 0.25) is 0 Å². The van der Waals surface area contributed by atoms with Crippen molar-refractivity contribution in [3.05, 3.63) is 57.0 Å². The number of halogens is 3. The van der Waals surface area contributed by atoms with Crippen molar-refractivity contribution in [2.75, 3.05) is 6.54 Å². The van der Waals surface area contributed by atoms with Crippen LogP contribution in [0, 0.1) is 0 Å². The molecule has 3 aromatic rings. The summed E-state index contributed by atoms with van der Waals surface area (Å²) in [5.41, 5.74) is 9.65. The maximum atomic E-state index is 6.41. The van der Waals surface area contributed by atoms with E-state index in [9.17, 15) is 0 Å². The molecule has 0 atom stereocenters. The molecule has 0 fully saturated rings. The lowest BCUT2D eigenvalue weighted by atomic mass is 10.00. The highest BCUT2D eigenvalue weighted by Gasteiger charge is 2.17. The standard InChI is InChI=1S/C18H17Cl3N2/c19-11-7-8-16-13(10-11)12(4-1-2-9-22)18(23-16)17-14(20)5-3-6-15(17)21/h3,5-8,10,23H,1-2,4,9,22H2. The van der Waals surface area contributed by atoms with E-state index < -0.39 is 0 Å². The number of fused-ring (bicyclic) bond motifs is 1. The Hall–Kier alpha value is -1.19. The van der Waals surface area contributed by atoms with Crippen molar-refractivity contribution in [3.8, 4) is 11.3 Å². The summed E-state index contributed by atoms with van der Waals surface area (Å²) in [4.78, 5) is 3.46. The van der Waals surface area contributed by atoms with E-state index in [0.717, 1.165) is 41.4 Å². The summed E-state index contributed by atoms with van der Waals surface area (Å²) in [5, 5.41) is 3.10. The van der Waals surface area contributed by atoms with Crippen LogP contribution < -0.4 is 5.73 Å². The van der Waals surface area contributed by atoms with Gasteiger partial charge in [-0.3, -0.25) is 0 Å². The molecule has 1 aromatic heterocycles. The summed E-state index contributed by atoms with van der Waals surface area (Å²) in [6.07, 6.45) is 2.88. The Morgan fingerprint density at radius 1 is 0.957 bits per heavy atom. The molecule has 3 rings (SSSR count). The first-order valence-corrected chi connectivity index (χ1v) is 8.69. The van der Waals surface area contributed by atoms with Crippen molar-refractivity contribution in [3.63, 3.8) is 0 Å². The highest BCUT2D eigenvalue weighted by atomic mass is 35.5. The smallest absolute Gasteiger partial charge is 0.0527 e. The number of hydrogen-bond acceptors (Lipinski definition) is 1. The molecule has 2 nitrogen and oxygen atoms in total. The van der Waals surface area contributed by atoms with Crippen LogP contribution in [-0.2, 0) is 6.42 Å². The molecular weight excluding hydrogens is 351 g/mol. The molecule has 0 aliphatic rings. The lowest BCUT2D eigenvalue weighted by Crippen LogP contribution is -1.99. The number of aromatic amines is 1. The first-order valence-electron chi connectivity index (χ1n) is 7.56. The molecule has 0 unspecified atom stereocenters. The minimum atomic E-state index is 0.634. The van der Waals surface area contributed by atoms with Gasteiger partial charge in [0.25, 0.3) is 0 Å². The fourth-order valence-corrected chi connectivity index (χ4v) is 3.63. The molecule has 5 heteroatoms. The van der Waals surface area contributed by atoms with Gasteiger partial charge in [0.1, 0.15) is 0 Å². The zero-order valence-corrected chi connectivity index (χ0v) is 14.8. The number of aryl methyl sites for hydroxylation is 1. The van der Waals surface area contributed by atoms with E-state index in [4.69, 9.17) is 40.5 Å². The van der Waals surface area contributed by atoms with Crippen molar-refractivity contribution < 1.29 is 0 Å². The lowest BCUT2D eigenvalue weighted by molar-refractivity contribution is 0.748. The van der Waals surface area contributed by atoms with Gasteiger partial charge in [0, 0.05) is 21.5 Å². The van der Waals surface area contributed by atoms with Crippen LogP contribution in [0.1, 0.15) is 18.4 Å². The number of nitrogens with two attached hydrogens (primary N) is 1. The van der Waals surface area contributed by atoms with E-state index in [0.29, 0.717) is 21.6 Å². The van der Waals surface area contributed by atoms with Crippen molar-refractivity contribution >= 4 is 45.7 Å². The molecule has 0 saturated heterocycles. The van der Waals surface area contributed by atoms with Crippen molar-refractivity contribution in [2.45, 2.75) is 19.3 Å². The number of rotatable bonds is 5. The molecule has 0 aliphatic heterocycles. The van der Waals surface area contributed by atoms with Crippen LogP contribution in [0.2, 0.25) is 15.1 Å². The Kier molecular flexibility index (Phi) is 5.17. The summed E-state index contributed by atoms with van der Waals surface area (Å²) in [7, 11) is 0. The normalized spacial score (nSPS) is 11.3. The summed E-state index contributed by atoms with van der Waals surface area (Å²) in [5.74, 6) is 0. The van der Waals surface area contributed by atoms with Gasteiger partial charge in [-0.1, -0.05) is 40.9 Å². The van der Waals surface area contributed by atoms with Crippen molar-refractivity contribution in [2.24, 2.45) is 5.73 Å². The third-order valence-electron chi connectivity index (χ3n) is 3.96. The van der Waals surface area contributed by atoms with E-state index in [2.05, 4.69) is 4.98 Å². The van der Waals surface area contributed by atoms with Gasteiger partial charge in [0.15, 0.2) is 0 Å². The zero-order valence-electron chi connectivity index (χ0n) is 12.5. The van der Waals surface area contributed by atoms with E-state index in [1.54, 1.807) is 0 Å². The van der Waals surface area contributed by atoms with Gasteiger partial charge in [-0.25, -0.2) is 0 Å². The summed E-state index contributed by atoms with van der Waals surface area (Å²) >= 11 is 19.0. The van der Waals surface area contributed by atoms with E-state index >= 15 is 0 Å². The van der Waals surface area contributed by atoms with Crippen LogP contribution in [0.3, 0.4) is 0 Å². The molecule has 0 amide bonds. The molecule has 0 radical (unpaired) electrons. The number of benzene rings is 2. The SMILES string of the molecule is NCCCCc1c(-c2c(Cl)cccc2Cl)[nH]c2ccc(Cl)cc12. The molecule has 0 saturated carbocycles. The minimum Gasteiger partial charge on any atom is -0.354 e. The molecular formula is C18H17Cl3N2. The maximum absolute atomic E-state index is 6.41. The van der Waals surface area contributed by atoms with Gasteiger partial charge < -0.3 is 10.7 Å². The number of hydrogen-bond donors (Lipinski definition) is 2. The lowest BCUT2D eigenvalue weighted by Gasteiger charge is -2.09. The summed E-state index contributed by atoms with van der Waals surface area (Å²) in [6, 6.07) is 11.4. The molecule has 0 bridgehead atoms. The van der Waals surface area contributed by atoms with E-state index in [-0.39, 0.29) is 0 Å². The number of H-pyrrole nitrogens is 1. The third kappa shape index (κ3) is 3.36. The van der Waals surface area contributed by atoms with Crippen LogP contribution in [0.4, 0.5) is 0 Å². The Balaban J connectivity index is 2.20. The first kappa shape index (κ1) is 16.7.